The summed E-state index contributed by atoms with van der Waals surface area (Å²) in [5, 5.41) is 4.49. The number of nitrogens with two attached hydrogens (primary N) is 1. The van der Waals surface area contributed by atoms with Crippen molar-refractivity contribution in [2.45, 2.75) is 19.1 Å². The lowest BCUT2D eigenvalue weighted by Gasteiger charge is -2.14. The van der Waals surface area contributed by atoms with E-state index in [0.717, 1.165) is 12.1 Å². The molecular weight excluding hydrogens is 263 g/mol. The first kappa shape index (κ1) is 14.8. The van der Waals surface area contributed by atoms with E-state index >= 15 is 0 Å². The number of carbonyl (C=O) groups excluding carboxylic acids is 2. The van der Waals surface area contributed by atoms with Crippen LogP contribution in [0.3, 0.4) is 0 Å². The molecule has 0 spiro atoms. The number of alkyl halides is 3. The van der Waals surface area contributed by atoms with Crippen LogP contribution in [0.15, 0.2) is 24.3 Å². The molecule has 0 aliphatic carbocycles. The fraction of sp³-hybridized carbons (Fsp3) is 0.273. The van der Waals surface area contributed by atoms with Crippen LogP contribution in [0.1, 0.15) is 12.5 Å². The molecule has 0 aromatic heterocycles. The molecule has 104 valence electrons. The SMILES string of the molecule is CC(Nc1ccc(C(F)(F)F)cc1)C(=O)NC(N)=O. The first-order valence-electron chi connectivity index (χ1n) is 5.24. The van der Waals surface area contributed by atoms with Crippen LogP contribution < -0.4 is 16.4 Å². The quantitative estimate of drug-likeness (QED) is 0.785. The molecule has 0 heterocycles. The van der Waals surface area contributed by atoms with Crippen LogP contribution in [0.2, 0.25) is 0 Å². The van der Waals surface area contributed by atoms with E-state index in [2.05, 4.69) is 5.32 Å². The lowest BCUT2D eigenvalue weighted by molar-refractivity contribution is -0.137. The largest absolute Gasteiger partial charge is 0.416 e. The minimum absolute atomic E-state index is 0.320. The number of imide groups is 1. The number of nitrogens with one attached hydrogen (secondary N) is 2. The summed E-state index contributed by atoms with van der Waals surface area (Å²) in [6, 6.07) is 2.35. The van der Waals surface area contributed by atoms with Crippen LogP contribution in [0.5, 0.6) is 0 Å². The third kappa shape index (κ3) is 4.49. The summed E-state index contributed by atoms with van der Waals surface area (Å²) in [5.74, 6) is -0.674. The first-order chi connectivity index (χ1) is 8.70. The molecule has 1 aromatic carbocycles. The van der Waals surface area contributed by atoms with Crippen LogP contribution >= 0.6 is 0 Å². The molecule has 1 unspecified atom stereocenters. The number of rotatable bonds is 3. The predicted molar refractivity (Wildman–Crippen MR) is 62.3 cm³/mol. The van der Waals surface area contributed by atoms with Crippen LogP contribution in [-0.2, 0) is 11.0 Å². The molecule has 1 aromatic rings. The van der Waals surface area contributed by atoms with Gasteiger partial charge in [0.15, 0.2) is 0 Å². The summed E-state index contributed by atoms with van der Waals surface area (Å²) in [6.07, 6.45) is -4.41. The number of hydrogen-bond donors (Lipinski definition) is 3. The summed E-state index contributed by atoms with van der Waals surface area (Å²) in [4.78, 5) is 21.8. The van der Waals surface area contributed by atoms with Gasteiger partial charge in [-0.3, -0.25) is 10.1 Å². The van der Waals surface area contributed by atoms with Crippen molar-refractivity contribution >= 4 is 17.6 Å². The molecule has 1 atom stereocenters. The number of urea groups is 1. The second kappa shape index (κ2) is 5.59. The minimum atomic E-state index is -4.41. The van der Waals surface area contributed by atoms with E-state index in [1.54, 1.807) is 0 Å². The van der Waals surface area contributed by atoms with Crippen LogP contribution in [0.4, 0.5) is 23.7 Å². The molecule has 5 nitrogen and oxygen atoms in total. The zero-order valence-electron chi connectivity index (χ0n) is 9.91. The zero-order valence-corrected chi connectivity index (χ0v) is 9.91. The maximum Gasteiger partial charge on any atom is 0.416 e. The Kier molecular flexibility index (Phi) is 4.36. The Morgan fingerprint density at radius 2 is 1.74 bits per heavy atom. The summed E-state index contributed by atoms with van der Waals surface area (Å²) < 4.78 is 37.0. The molecule has 4 N–H and O–H groups in total. The van der Waals surface area contributed by atoms with E-state index < -0.39 is 29.7 Å². The van der Waals surface area contributed by atoms with Crippen molar-refractivity contribution < 1.29 is 22.8 Å². The highest BCUT2D eigenvalue weighted by Gasteiger charge is 2.30. The Labute approximate surface area is 107 Å². The molecule has 0 aliphatic rings. The zero-order chi connectivity index (χ0) is 14.6. The monoisotopic (exact) mass is 275 g/mol. The molecule has 0 bridgehead atoms. The Morgan fingerprint density at radius 3 is 2.16 bits per heavy atom. The standard InChI is InChI=1S/C11H12F3N3O2/c1-6(9(18)17-10(15)19)16-8-4-2-7(3-5-8)11(12,13)14/h2-6,16H,1H3,(H3,15,17,18,19). The van der Waals surface area contributed by atoms with Crippen molar-refractivity contribution in [3.05, 3.63) is 29.8 Å². The molecule has 0 saturated heterocycles. The Hall–Kier alpha value is -2.25. The van der Waals surface area contributed by atoms with Crippen molar-refractivity contribution in [1.29, 1.82) is 0 Å². The third-order valence-electron chi connectivity index (χ3n) is 2.24. The summed E-state index contributed by atoms with van der Waals surface area (Å²) >= 11 is 0. The van der Waals surface area contributed by atoms with Gasteiger partial charge in [0, 0.05) is 5.69 Å². The van der Waals surface area contributed by atoms with Gasteiger partial charge in [-0.25, -0.2) is 4.79 Å². The maximum atomic E-state index is 12.3. The number of anilines is 1. The maximum absolute atomic E-state index is 12.3. The molecule has 0 saturated carbocycles. The number of amides is 3. The molecule has 8 heteroatoms. The first-order valence-corrected chi connectivity index (χ1v) is 5.24. The summed E-state index contributed by atoms with van der Waals surface area (Å²) in [7, 11) is 0. The Balaban J connectivity index is 2.68. The van der Waals surface area contributed by atoms with Crippen molar-refractivity contribution in [2.75, 3.05) is 5.32 Å². The highest BCUT2D eigenvalue weighted by Crippen LogP contribution is 2.29. The van der Waals surface area contributed by atoms with E-state index in [4.69, 9.17) is 5.73 Å². The van der Waals surface area contributed by atoms with Gasteiger partial charge in [0.25, 0.3) is 0 Å². The lowest BCUT2D eigenvalue weighted by Crippen LogP contribution is -2.43. The van der Waals surface area contributed by atoms with Gasteiger partial charge in [0.05, 0.1) is 5.56 Å². The minimum Gasteiger partial charge on any atom is -0.374 e. The number of primary amides is 1. The van der Waals surface area contributed by atoms with Gasteiger partial charge in [0.1, 0.15) is 6.04 Å². The average Bonchev–Trinajstić information content (AvgIpc) is 2.27. The number of benzene rings is 1. The van der Waals surface area contributed by atoms with E-state index in [9.17, 15) is 22.8 Å². The fourth-order valence-electron chi connectivity index (χ4n) is 1.30. The topological polar surface area (TPSA) is 84.2 Å². The third-order valence-corrected chi connectivity index (χ3v) is 2.24. The van der Waals surface area contributed by atoms with Gasteiger partial charge in [-0.05, 0) is 31.2 Å². The second-order valence-electron chi connectivity index (χ2n) is 3.79. The van der Waals surface area contributed by atoms with Gasteiger partial charge in [-0.1, -0.05) is 0 Å². The highest BCUT2D eigenvalue weighted by atomic mass is 19.4. The van der Waals surface area contributed by atoms with Gasteiger partial charge in [0.2, 0.25) is 5.91 Å². The Bertz CT molecular complexity index is 471. The number of carbonyl (C=O) groups is 2. The molecule has 19 heavy (non-hydrogen) atoms. The predicted octanol–water partition coefficient (Wildman–Crippen LogP) is 1.70. The molecule has 1 rings (SSSR count). The molecule has 3 amide bonds. The van der Waals surface area contributed by atoms with Crippen LogP contribution in [-0.4, -0.2) is 18.0 Å². The summed E-state index contributed by atoms with van der Waals surface area (Å²) in [5.41, 5.74) is 4.30. The van der Waals surface area contributed by atoms with Gasteiger partial charge < -0.3 is 11.1 Å². The van der Waals surface area contributed by atoms with Crippen LogP contribution in [0, 0.1) is 0 Å². The second-order valence-corrected chi connectivity index (χ2v) is 3.79. The van der Waals surface area contributed by atoms with Crippen molar-refractivity contribution in [1.82, 2.24) is 5.32 Å². The highest BCUT2D eigenvalue weighted by molar-refractivity contribution is 5.97. The fourth-order valence-corrected chi connectivity index (χ4v) is 1.30. The Morgan fingerprint density at radius 1 is 1.21 bits per heavy atom. The van der Waals surface area contributed by atoms with E-state index in [1.807, 2.05) is 5.32 Å². The lowest BCUT2D eigenvalue weighted by atomic mass is 10.2. The molecular formula is C11H12F3N3O2. The van der Waals surface area contributed by atoms with Crippen molar-refractivity contribution in [3.63, 3.8) is 0 Å². The smallest absolute Gasteiger partial charge is 0.374 e. The van der Waals surface area contributed by atoms with Crippen molar-refractivity contribution in [2.24, 2.45) is 5.73 Å². The van der Waals surface area contributed by atoms with Crippen molar-refractivity contribution in [3.8, 4) is 0 Å². The van der Waals surface area contributed by atoms with E-state index in [0.29, 0.717) is 5.69 Å². The van der Waals surface area contributed by atoms with Crippen LogP contribution in [0.25, 0.3) is 0 Å². The molecule has 0 fully saturated rings. The molecule has 0 aliphatic heterocycles. The summed E-state index contributed by atoms with van der Waals surface area (Å²) in [6.45, 7) is 1.44. The van der Waals surface area contributed by atoms with E-state index in [-0.39, 0.29) is 0 Å². The van der Waals surface area contributed by atoms with E-state index in [1.165, 1.54) is 19.1 Å². The number of hydrogen-bond acceptors (Lipinski definition) is 3. The van der Waals surface area contributed by atoms with Gasteiger partial charge in [-0.15, -0.1) is 0 Å². The number of halogens is 3. The molecule has 0 radical (unpaired) electrons. The van der Waals surface area contributed by atoms with Gasteiger partial charge in [-0.2, -0.15) is 13.2 Å². The normalized spacial score (nSPS) is 12.6. The average molecular weight is 275 g/mol. The van der Waals surface area contributed by atoms with Gasteiger partial charge >= 0.3 is 12.2 Å².